The lowest BCUT2D eigenvalue weighted by atomic mass is 10.2. The average Bonchev–Trinajstić information content (AvgIpc) is 2.98. The SMILES string of the molecule is CCn1cc(C(=O)C(=O)Nc2ccon2)cn1. The molecule has 0 aromatic carbocycles. The largest absolute Gasteiger partial charge is 0.363 e. The highest BCUT2D eigenvalue weighted by Crippen LogP contribution is 2.04. The van der Waals surface area contributed by atoms with E-state index in [2.05, 4.69) is 20.1 Å². The van der Waals surface area contributed by atoms with Crippen LogP contribution in [0.3, 0.4) is 0 Å². The van der Waals surface area contributed by atoms with Gasteiger partial charge in [-0.25, -0.2) is 0 Å². The highest BCUT2D eigenvalue weighted by molar-refractivity contribution is 6.46. The number of amides is 1. The molecule has 17 heavy (non-hydrogen) atoms. The Morgan fingerprint density at radius 3 is 2.94 bits per heavy atom. The molecule has 7 heteroatoms. The summed E-state index contributed by atoms with van der Waals surface area (Å²) in [7, 11) is 0. The molecule has 0 saturated carbocycles. The van der Waals surface area contributed by atoms with E-state index in [0.29, 0.717) is 6.54 Å². The summed E-state index contributed by atoms with van der Waals surface area (Å²) in [6.45, 7) is 2.52. The van der Waals surface area contributed by atoms with Gasteiger partial charge >= 0.3 is 0 Å². The summed E-state index contributed by atoms with van der Waals surface area (Å²) < 4.78 is 6.10. The minimum atomic E-state index is -0.769. The first-order valence-electron chi connectivity index (χ1n) is 4.99. The number of hydrogen-bond donors (Lipinski definition) is 1. The number of carbonyl (C=O) groups is 2. The molecule has 1 amide bonds. The summed E-state index contributed by atoms with van der Waals surface area (Å²) in [6.07, 6.45) is 4.17. The number of nitrogens with one attached hydrogen (secondary N) is 1. The van der Waals surface area contributed by atoms with E-state index < -0.39 is 11.7 Å². The van der Waals surface area contributed by atoms with Crippen molar-refractivity contribution in [2.24, 2.45) is 0 Å². The fourth-order valence-corrected chi connectivity index (χ4v) is 1.23. The smallest absolute Gasteiger partial charge is 0.298 e. The second-order valence-corrected chi connectivity index (χ2v) is 3.25. The van der Waals surface area contributed by atoms with Gasteiger partial charge in [0.05, 0.1) is 11.8 Å². The van der Waals surface area contributed by atoms with Crippen LogP contribution >= 0.6 is 0 Å². The fourth-order valence-electron chi connectivity index (χ4n) is 1.23. The van der Waals surface area contributed by atoms with Crippen molar-refractivity contribution in [3.05, 3.63) is 30.3 Å². The average molecular weight is 234 g/mol. The van der Waals surface area contributed by atoms with E-state index in [0.717, 1.165) is 0 Å². The maximum Gasteiger partial charge on any atom is 0.298 e. The van der Waals surface area contributed by atoms with Crippen molar-refractivity contribution in [1.29, 1.82) is 0 Å². The maximum absolute atomic E-state index is 11.7. The first-order chi connectivity index (χ1) is 8.20. The van der Waals surface area contributed by atoms with Crippen LogP contribution in [0.2, 0.25) is 0 Å². The summed E-state index contributed by atoms with van der Waals surface area (Å²) in [5, 5.41) is 9.71. The van der Waals surface area contributed by atoms with Crippen LogP contribution in [-0.2, 0) is 11.3 Å². The second-order valence-electron chi connectivity index (χ2n) is 3.25. The number of anilines is 1. The summed E-state index contributed by atoms with van der Waals surface area (Å²) in [6, 6.07) is 1.45. The lowest BCUT2D eigenvalue weighted by Crippen LogP contribution is -2.22. The molecular weight excluding hydrogens is 224 g/mol. The Hall–Kier alpha value is -2.44. The zero-order chi connectivity index (χ0) is 12.3. The molecule has 0 atom stereocenters. The molecule has 7 nitrogen and oxygen atoms in total. The predicted octanol–water partition coefficient (Wildman–Crippen LogP) is 0.712. The molecule has 2 aromatic heterocycles. The number of ketones is 1. The molecular formula is C10H10N4O3. The van der Waals surface area contributed by atoms with Crippen molar-refractivity contribution < 1.29 is 14.1 Å². The lowest BCUT2D eigenvalue weighted by Gasteiger charge is -1.97. The summed E-state index contributed by atoms with van der Waals surface area (Å²) in [5.74, 6) is -1.23. The van der Waals surface area contributed by atoms with Gasteiger partial charge in [-0.1, -0.05) is 5.16 Å². The lowest BCUT2D eigenvalue weighted by molar-refractivity contribution is -0.112. The van der Waals surface area contributed by atoms with Gasteiger partial charge in [-0.15, -0.1) is 0 Å². The Morgan fingerprint density at radius 2 is 2.35 bits per heavy atom. The number of Topliss-reactive ketones (excluding diaryl/α,β-unsaturated/α-hetero) is 1. The fraction of sp³-hybridized carbons (Fsp3) is 0.200. The highest BCUT2D eigenvalue weighted by Gasteiger charge is 2.18. The first-order valence-corrected chi connectivity index (χ1v) is 4.99. The van der Waals surface area contributed by atoms with Crippen molar-refractivity contribution in [3.8, 4) is 0 Å². The van der Waals surface area contributed by atoms with E-state index >= 15 is 0 Å². The van der Waals surface area contributed by atoms with Crippen molar-refractivity contribution in [1.82, 2.24) is 14.9 Å². The monoisotopic (exact) mass is 234 g/mol. The Bertz CT molecular complexity index is 530. The van der Waals surface area contributed by atoms with Crippen LogP contribution < -0.4 is 5.32 Å². The molecule has 2 aromatic rings. The second kappa shape index (κ2) is 4.60. The van der Waals surface area contributed by atoms with Crippen molar-refractivity contribution >= 4 is 17.5 Å². The van der Waals surface area contributed by atoms with Gasteiger partial charge in [-0.3, -0.25) is 14.3 Å². The van der Waals surface area contributed by atoms with E-state index in [1.807, 2.05) is 6.92 Å². The molecule has 1 N–H and O–H groups in total. The number of rotatable bonds is 4. The van der Waals surface area contributed by atoms with Gasteiger partial charge in [-0.2, -0.15) is 5.10 Å². The minimum absolute atomic E-state index is 0.200. The van der Waals surface area contributed by atoms with Crippen LogP contribution in [0.4, 0.5) is 5.82 Å². The van der Waals surface area contributed by atoms with Crippen LogP contribution in [0.15, 0.2) is 29.2 Å². The van der Waals surface area contributed by atoms with E-state index in [4.69, 9.17) is 0 Å². The molecule has 0 bridgehead atoms. The van der Waals surface area contributed by atoms with Gasteiger partial charge in [0.2, 0.25) is 0 Å². The quantitative estimate of drug-likeness (QED) is 0.621. The zero-order valence-corrected chi connectivity index (χ0v) is 9.08. The van der Waals surface area contributed by atoms with E-state index in [1.54, 1.807) is 4.68 Å². The summed E-state index contributed by atoms with van der Waals surface area (Å²) in [5.41, 5.74) is 0.243. The van der Waals surface area contributed by atoms with E-state index in [1.165, 1.54) is 24.7 Å². The van der Waals surface area contributed by atoms with Crippen LogP contribution in [-0.4, -0.2) is 26.6 Å². The third-order valence-electron chi connectivity index (χ3n) is 2.11. The van der Waals surface area contributed by atoms with Gasteiger partial charge in [-0.05, 0) is 6.92 Å². The molecule has 0 fully saturated rings. The van der Waals surface area contributed by atoms with Gasteiger partial charge in [0.25, 0.3) is 11.7 Å². The molecule has 0 spiro atoms. The Morgan fingerprint density at radius 1 is 1.53 bits per heavy atom. The predicted molar refractivity (Wildman–Crippen MR) is 57.4 cm³/mol. The van der Waals surface area contributed by atoms with E-state index in [9.17, 15) is 9.59 Å². The van der Waals surface area contributed by atoms with Gasteiger partial charge in [0.15, 0.2) is 5.82 Å². The van der Waals surface area contributed by atoms with Crippen LogP contribution in [0.25, 0.3) is 0 Å². The molecule has 2 rings (SSSR count). The standard InChI is InChI=1S/C10H10N4O3/c1-2-14-6-7(5-11-14)9(15)10(16)12-8-3-4-17-13-8/h3-6H,2H2,1H3,(H,12,13,16). The molecule has 0 saturated heterocycles. The molecule has 88 valence electrons. The number of nitrogens with zero attached hydrogens (tertiary/aromatic N) is 3. The normalized spacial score (nSPS) is 10.2. The first kappa shape index (κ1) is 11.1. The highest BCUT2D eigenvalue weighted by atomic mass is 16.5. The van der Waals surface area contributed by atoms with Crippen LogP contribution in [0.5, 0.6) is 0 Å². The number of aromatic nitrogens is 3. The Labute approximate surface area is 96.4 Å². The summed E-state index contributed by atoms with van der Waals surface area (Å²) in [4.78, 5) is 23.2. The number of carbonyl (C=O) groups excluding carboxylic acids is 2. The van der Waals surface area contributed by atoms with Gasteiger partial charge in [0.1, 0.15) is 6.26 Å². The Kier molecular flexibility index (Phi) is 2.99. The van der Waals surface area contributed by atoms with E-state index in [-0.39, 0.29) is 11.4 Å². The molecule has 0 radical (unpaired) electrons. The summed E-state index contributed by atoms with van der Waals surface area (Å²) >= 11 is 0. The third kappa shape index (κ3) is 2.39. The molecule has 0 aliphatic heterocycles. The van der Waals surface area contributed by atoms with Gasteiger partial charge < -0.3 is 9.84 Å². The maximum atomic E-state index is 11.7. The van der Waals surface area contributed by atoms with Crippen molar-refractivity contribution in [2.75, 3.05) is 5.32 Å². The molecule has 0 unspecified atom stereocenters. The number of aryl methyl sites for hydroxylation is 1. The topological polar surface area (TPSA) is 90.0 Å². The number of hydrogen-bond acceptors (Lipinski definition) is 5. The minimum Gasteiger partial charge on any atom is -0.363 e. The Balaban J connectivity index is 2.07. The zero-order valence-electron chi connectivity index (χ0n) is 9.08. The molecule has 0 aliphatic rings. The van der Waals surface area contributed by atoms with Crippen LogP contribution in [0, 0.1) is 0 Å². The van der Waals surface area contributed by atoms with Crippen molar-refractivity contribution in [2.45, 2.75) is 13.5 Å². The van der Waals surface area contributed by atoms with Crippen LogP contribution in [0.1, 0.15) is 17.3 Å². The third-order valence-corrected chi connectivity index (χ3v) is 2.11. The molecule has 2 heterocycles. The van der Waals surface area contributed by atoms with Gasteiger partial charge in [0, 0.05) is 18.8 Å². The van der Waals surface area contributed by atoms with Crippen molar-refractivity contribution in [3.63, 3.8) is 0 Å². The molecule has 0 aliphatic carbocycles.